The van der Waals surface area contributed by atoms with Crippen molar-refractivity contribution in [2.75, 3.05) is 45.2 Å². The Morgan fingerprint density at radius 3 is 2.65 bits per heavy atom. The van der Waals surface area contributed by atoms with Crippen molar-refractivity contribution in [1.82, 2.24) is 19.2 Å². The Hall–Kier alpha value is -2.53. The molecular formula is C27H35N5O3S2. The maximum absolute atomic E-state index is 13.7. The summed E-state index contributed by atoms with van der Waals surface area (Å²) < 4.78 is 34.2. The summed E-state index contributed by atoms with van der Waals surface area (Å²) in [5.74, 6) is 1.58. The van der Waals surface area contributed by atoms with Gasteiger partial charge in [0.15, 0.2) is 5.03 Å². The molecule has 8 nitrogen and oxygen atoms in total. The van der Waals surface area contributed by atoms with E-state index < -0.39 is 10.0 Å². The largest absolute Gasteiger partial charge is 0.497 e. The minimum atomic E-state index is -3.75. The van der Waals surface area contributed by atoms with Crippen LogP contribution in [-0.2, 0) is 29.4 Å². The third-order valence-corrected chi connectivity index (χ3v) is 10.4. The number of methoxy groups -OCH3 is 1. The molecule has 0 radical (unpaired) electrons. The number of anilines is 1. The Labute approximate surface area is 224 Å². The van der Waals surface area contributed by atoms with Gasteiger partial charge in [-0.1, -0.05) is 25.1 Å². The first-order valence-corrected chi connectivity index (χ1v) is 15.2. The van der Waals surface area contributed by atoms with Crippen molar-refractivity contribution >= 4 is 27.2 Å². The lowest BCUT2D eigenvalue weighted by molar-refractivity contribution is 0.249. The summed E-state index contributed by atoms with van der Waals surface area (Å²) in [6, 6.07) is 13.3. The van der Waals surface area contributed by atoms with E-state index in [2.05, 4.69) is 33.8 Å². The lowest BCUT2D eigenvalue weighted by Gasteiger charge is -2.35. The molecule has 0 spiro atoms. The second-order valence-electron chi connectivity index (χ2n) is 9.65. The second-order valence-corrected chi connectivity index (χ2v) is 12.7. The van der Waals surface area contributed by atoms with Gasteiger partial charge >= 0.3 is 0 Å². The van der Waals surface area contributed by atoms with Gasteiger partial charge in [-0.2, -0.15) is 4.31 Å². The van der Waals surface area contributed by atoms with E-state index in [0.29, 0.717) is 5.82 Å². The SMILES string of the molecule is CCc1nc2c(s1)C(N(C)S(=O)(=O)c1cccc(N3CCN(Cc4cccc(OC)c4)CC3)n1)CCC2. The van der Waals surface area contributed by atoms with Crippen molar-refractivity contribution < 1.29 is 13.2 Å². The first kappa shape index (κ1) is 26.1. The summed E-state index contributed by atoms with van der Waals surface area (Å²) in [4.78, 5) is 15.1. The van der Waals surface area contributed by atoms with E-state index in [-0.39, 0.29) is 11.1 Å². The smallest absolute Gasteiger partial charge is 0.260 e. The number of pyridine rings is 1. The zero-order chi connectivity index (χ0) is 26.0. The number of rotatable bonds is 8. The number of hydrogen-bond acceptors (Lipinski definition) is 8. The van der Waals surface area contributed by atoms with E-state index in [1.807, 2.05) is 18.2 Å². The van der Waals surface area contributed by atoms with Gasteiger partial charge in [-0.25, -0.2) is 18.4 Å². The molecule has 1 unspecified atom stereocenters. The molecule has 0 amide bonds. The molecule has 3 heterocycles. The fourth-order valence-corrected chi connectivity index (χ4v) is 7.75. The number of nitrogens with zero attached hydrogens (tertiary/aromatic N) is 5. The second kappa shape index (κ2) is 11.1. The Morgan fingerprint density at radius 2 is 1.89 bits per heavy atom. The Bertz CT molecular complexity index is 1340. The molecular weight excluding hydrogens is 506 g/mol. The fourth-order valence-electron chi connectivity index (χ4n) is 5.15. The number of benzene rings is 1. The van der Waals surface area contributed by atoms with Crippen LogP contribution in [0.15, 0.2) is 47.5 Å². The monoisotopic (exact) mass is 541 g/mol. The fraction of sp³-hybridized carbons (Fsp3) is 0.481. The topological polar surface area (TPSA) is 78.9 Å². The number of thiazole rings is 1. The van der Waals surface area contributed by atoms with Gasteiger partial charge < -0.3 is 9.64 Å². The van der Waals surface area contributed by atoms with Crippen LogP contribution in [0, 0.1) is 0 Å². The molecule has 1 aliphatic carbocycles. The average Bonchev–Trinajstić information content (AvgIpc) is 3.37. The standard InChI is InChI=1S/C27H35N5O3S2/c1-4-25-28-22-10-6-11-23(27(22)36-25)30(2)37(33,34)26-13-7-12-24(29-26)32-16-14-31(15-17-32)19-20-8-5-9-21(18-20)35-3/h5,7-9,12-13,18,23H,4,6,10-11,14-17,19H2,1-3H3. The van der Waals surface area contributed by atoms with Crippen LogP contribution in [0.1, 0.15) is 46.9 Å². The number of aromatic nitrogens is 2. The Morgan fingerprint density at radius 1 is 1.11 bits per heavy atom. The van der Waals surface area contributed by atoms with Crippen molar-refractivity contribution in [3.8, 4) is 5.75 Å². The predicted molar refractivity (Wildman–Crippen MR) is 147 cm³/mol. The molecule has 1 aromatic carbocycles. The summed E-state index contributed by atoms with van der Waals surface area (Å²) in [5.41, 5.74) is 2.29. The number of hydrogen-bond donors (Lipinski definition) is 0. The molecule has 5 rings (SSSR count). The number of ether oxygens (including phenoxy) is 1. The van der Waals surface area contributed by atoms with Gasteiger partial charge in [0.1, 0.15) is 11.6 Å². The number of piperazine rings is 1. The van der Waals surface area contributed by atoms with E-state index in [1.165, 1.54) is 9.87 Å². The molecule has 2 aromatic heterocycles. The summed E-state index contributed by atoms with van der Waals surface area (Å²) in [6.07, 6.45) is 3.55. The predicted octanol–water partition coefficient (Wildman–Crippen LogP) is 4.13. The molecule has 2 aliphatic rings. The molecule has 3 aromatic rings. The minimum Gasteiger partial charge on any atom is -0.497 e. The lowest BCUT2D eigenvalue weighted by atomic mass is 9.98. The lowest BCUT2D eigenvalue weighted by Crippen LogP contribution is -2.46. The van der Waals surface area contributed by atoms with Crippen molar-refractivity contribution in [2.24, 2.45) is 0 Å². The summed E-state index contributed by atoms with van der Waals surface area (Å²) in [7, 11) is -0.374. The van der Waals surface area contributed by atoms with Crippen molar-refractivity contribution in [3.05, 3.63) is 63.6 Å². The van der Waals surface area contributed by atoms with Crippen molar-refractivity contribution in [1.29, 1.82) is 0 Å². The zero-order valence-corrected chi connectivity index (χ0v) is 23.4. The molecule has 1 fully saturated rings. The van der Waals surface area contributed by atoms with Crippen LogP contribution in [0.4, 0.5) is 5.82 Å². The van der Waals surface area contributed by atoms with E-state index in [0.717, 1.165) is 79.7 Å². The molecule has 1 atom stereocenters. The van der Waals surface area contributed by atoms with Crippen molar-refractivity contribution in [3.63, 3.8) is 0 Å². The third-order valence-electron chi connectivity index (χ3n) is 7.30. The highest BCUT2D eigenvalue weighted by Crippen LogP contribution is 2.39. The van der Waals surface area contributed by atoms with E-state index in [9.17, 15) is 8.42 Å². The van der Waals surface area contributed by atoms with E-state index in [4.69, 9.17) is 9.72 Å². The first-order chi connectivity index (χ1) is 17.9. The Balaban J connectivity index is 1.27. The molecule has 37 heavy (non-hydrogen) atoms. The van der Waals surface area contributed by atoms with Gasteiger partial charge in [-0.3, -0.25) is 4.90 Å². The molecule has 0 bridgehead atoms. The maximum Gasteiger partial charge on any atom is 0.260 e. The van der Waals surface area contributed by atoms with Gasteiger partial charge in [-0.15, -0.1) is 11.3 Å². The van der Waals surface area contributed by atoms with Gasteiger partial charge in [0.25, 0.3) is 10.0 Å². The van der Waals surface area contributed by atoms with E-state index in [1.54, 1.807) is 37.6 Å². The summed E-state index contributed by atoms with van der Waals surface area (Å²) in [6.45, 7) is 6.30. The number of fused-ring (bicyclic) bond motifs is 1. The van der Waals surface area contributed by atoms with Crippen LogP contribution in [0.5, 0.6) is 5.75 Å². The quantitative estimate of drug-likeness (QED) is 0.424. The highest BCUT2D eigenvalue weighted by molar-refractivity contribution is 7.89. The zero-order valence-electron chi connectivity index (χ0n) is 21.8. The number of sulfonamides is 1. The highest BCUT2D eigenvalue weighted by atomic mass is 32.2. The molecule has 0 saturated carbocycles. The Kier molecular flexibility index (Phi) is 7.80. The highest BCUT2D eigenvalue weighted by Gasteiger charge is 2.35. The molecule has 10 heteroatoms. The number of aryl methyl sites for hydroxylation is 2. The summed E-state index contributed by atoms with van der Waals surface area (Å²) in [5, 5.41) is 1.19. The molecule has 198 valence electrons. The van der Waals surface area contributed by atoms with Gasteiger partial charge in [0.05, 0.1) is 23.9 Å². The van der Waals surface area contributed by atoms with Crippen LogP contribution in [0.2, 0.25) is 0 Å². The normalized spacial score (nSPS) is 18.7. The van der Waals surface area contributed by atoms with Gasteiger partial charge in [0.2, 0.25) is 0 Å². The van der Waals surface area contributed by atoms with Crippen molar-refractivity contribution in [2.45, 2.75) is 50.2 Å². The van der Waals surface area contributed by atoms with Gasteiger partial charge in [-0.05, 0) is 55.5 Å². The maximum atomic E-state index is 13.7. The average molecular weight is 542 g/mol. The minimum absolute atomic E-state index is 0.110. The van der Waals surface area contributed by atoms with Crippen LogP contribution < -0.4 is 9.64 Å². The molecule has 1 aliphatic heterocycles. The summed E-state index contributed by atoms with van der Waals surface area (Å²) >= 11 is 1.65. The van der Waals surface area contributed by atoms with Crippen LogP contribution in [-0.4, -0.2) is 67.9 Å². The molecule has 1 saturated heterocycles. The first-order valence-electron chi connectivity index (χ1n) is 12.9. The van der Waals surface area contributed by atoms with Gasteiger partial charge in [0, 0.05) is 44.6 Å². The molecule has 0 N–H and O–H groups in total. The van der Waals surface area contributed by atoms with Crippen LogP contribution in [0.3, 0.4) is 0 Å². The van der Waals surface area contributed by atoms with Crippen LogP contribution >= 0.6 is 11.3 Å². The van der Waals surface area contributed by atoms with Crippen LogP contribution in [0.25, 0.3) is 0 Å². The van der Waals surface area contributed by atoms with E-state index >= 15 is 0 Å². The third kappa shape index (κ3) is 5.52.